The maximum atomic E-state index is 12.0. The van der Waals surface area contributed by atoms with Crippen LogP contribution in [0.25, 0.3) is 0 Å². The summed E-state index contributed by atoms with van der Waals surface area (Å²) in [7, 11) is 0. The van der Waals surface area contributed by atoms with Crippen molar-refractivity contribution in [2.75, 3.05) is 5.75 Å². The van der Waals surface area contributed by atoms with E-state index in [9.17, 15) is 9.90 Å². The lowest BCUT2D eigenvalue weighted by molar-refractivity contribution is 0.0965. The van der Waals surface area contributed by atoms with Gasteiger partial charge in [-0.3, -0.25) is 4.79 Å². The van der Waals surface area contributed by atoms with Crippen LogP contribution in [-0.2, 0) is 0 Å². The Hall–Kier alpha value is -1.74. The topological polar surface area (TPSA) is 37.3 Å². The molecule has 2 aromatic rings. The van der Waals surface area contributed by atoms with Crippen LogP contribution in [0.5, 0.6) is 5.75 Å². The fourth-order valence-electron chi connectivity index (χ4n) is 2.67. The quantitative estimate of drug-likeness (QED) is 0.856. The zero-order valence-corrected chi connectivity index (χ0v) is 11.9. The van der Waals surface area contributed by atoms with Crippen LogP contribution in [0.3, 0.4) is 0 Å². The van der Waals surface area contributed by atoms with Gasteiger partial charge in [-0.2, -0.15) is 0 Å². The summed E-state index contributed by atoms with van der Waals surface area (Å²) >= 11 is 1.80. The third-order valence-corrected chi connectivity index (χ3v) is 4.88. The minimum absolute atomic E-state index is 0.0686. The van der Waals surface area contributed by atoms with Crippen molar-refractivity contribution in [1.82, 2.24) is 0 Å². The first-order valence-corrected chi connectivity index (χ1v) is 7.77. The van der Waals surface area contributed by atoms with Crippen LogP contribution in [-0.4, -0.2) is 16.6 Å². The average Bonchev–Trinajstić information content (AvgIpc) is 2.48. The lowest BCUT2D eigenvalue weighted by Crippen LogP contribution is -2.17. The van der Waals surface area contributed by atoms with Crippen LogP contribution in [0.4, 0.5) is 0 Å². The van der Waals surface area contributed by atoms with E-state index in [1.54, 1.807) is 17.8 Å². The maximum Gasteiger partial charge on any atom is 0.166 e. The van der Waals surface area contributed by atoms with Gasteiger partial charge in [0.1, 0.15) is 5.75 Å². The zero-order chi connectivity index (χ0) is 13.9. The fraction of sp³-hybridized carbons (Fsp3) is 0.235. The molecule has 102 valence electrons. The van der Waals surface area contributed by atoms with Crippen LogP contribution in [0.15, 0.2) is 53.4 Å². The van der Waals surface area contributed by atoms with Crippen molar-refractivity contribution in [3.8, 4) is 5.75 Å². The van der Waals surface area contributed by atoms with Gasteiger partial charge >= 0.3 is 0 Å². The number of carbonyl (C=O) groups is 1. The molecule has 3 heteroatoms. The molecule has 0 saturated carbocycles. The van der Waals surface area contributed by atoms with E-state index in [2.05, 4.69) is 12.1 Å². The Labute approximate surface area is 122 Å². The SMILES string of the molecule is O=C1CCC(CSc2ccccc2)c2cccc(O)c21. The molecular weight excluding hydrogens is 268 g/mol. The summed E-state index contributed by atoms with van der Waals surface area (Å²) < 4.78 is 0. The minimum atomic E-state index is 0.0686. The summed E-state index contributed by atoms with van der Waals surface area (Å²) in [4.78, 5) is 13.2. The van der Waals surface area contributed by atoms with Crippen molar-refractivity contribution < 1.29 is 9.90 Å². The first-order valence-electron chi connectivity index (χ1n) is 6.78. The highest BCUT2D eigenvalue weighted by Crippen LogP contribution is 2.38. The van der Waals surface area contributed by atoms with Crippen molar-refractivity contribution >= 4 is 17.5 Å². The summed E-state index contributed by atoms with van der Waals surface area (Å²) in [5, 5.41) is 9.90. The summed E-state index contributed by atoms with van der Waals surface area (Å²) in [5.41, 5.74) is 1.54. The highest BCUT2D eigenvalue weighted by atomic mass is 32.2. The second kappa shape index (κ2) is 5.71. The summed E-state index contributed by atoms with van der Waals surface area (Å²) in [5.74, 6) is 1.47. The molecule has 1 aliphatic rings. The van der Waals surface area contributed by atoms with Gasteiger partial charge in [0, 0.05) is 17.1 Å². The number of Topliss-reactive ketones (excluding diaryl/α,β-unsaturated/α-hetero) is 1. The van der Waals surface area contributed by atoms with Crippen molar-refractivity contribution in [2.24, 2.45) is 0 Å². The Morgan fingerprint density at radius 1 is 1.10 bits per heavy atom. The highest BCUT2D eigenvalue weighted by Gasteiger charge is 2.27. The number of thioether (sulfide) groups is 1. The molecule has 1 unspecified atom stereocenters. The molecular formula is C17H16O2S. The Morgan fingerprint density at radius 2 is 1.90 bits per heavy atom. The average molecular weight is 284 g/mol. The number of carbonyl (C=O) groups excluding carboxylic acids is 1. The molecule has 0 aliphatic heterocycles. The highest BCUT2D eigenvalue weighted by molar-refractivity contribution is 7.99. The number of fused-ring (bicyclic) bond motifs is 1. The molecule has 0 spiro atoms. The standard InChI is InChI=1S/C17H16O2S/c18-15-8-4-7-14-12(9-10-16(19)17(14)15)11-20-13-5-2-1-3-6-13/h1-8,12,18H,9-11H2. The van der Waals surface area contributed by atoms with Gasteiger partial charge in [-0.15, -0.1) is 11.8 Å². The van der Waals surface area contributed by atoms with E-state index < -0.39 is 0 Å². The predicted molar refractivity (Wildman–Crippen MR) is 81.6 cm³/mol. The third-order valence-electron chi connectivity index (χ3n) is 3.71. The first-order chi connectivity index (χ1) is 9.75. The van der Waals surface area contributed by atoms with Gasteiger partial charge in [0.2, 0.25) is 0 Å². The summed E-state index contributed by atoms with van der Waals surface area (Å²) in [6.07, 6.45) is 1.40. The molecule has 0 fully saturated rings. The number of aromatic hydroxyl groups is 1. The first kappa shape index (κ1) is 13.3. The van der Waals surface area contributed by atoms with Crippen LogP contribution >= 0.6 is 11.8 Å². The predicted octanol–water partition coefficient (Wildman–Crippen LogP) is 4.24. The van der Waals surface area contributed by atoms with E-state index in [4.69, 9.17) is 0 Å². The van der Waals surface area contributed by atoms with Crippen LogP contribution in [0, 0.1) is 0 Å². The van der Waals surface area contributed by atoms with E-state index in [0.29, 0.717) is 17.9 Å². The molecule has 3 rings (SSSR count). The fourth-order valence-corrected chi connectivity index (χ4v) is 3.76. The largest absolute Gasteiger partial charge is 0.507 e. The second-order valence-electron chi connectivity index (χ2n) is 5.02. The van der Waals surface area contributed by atoms with E-state index >= 15 is 0 Å². The molecule has 0 saturated heterocycles. The van der Waals surface area contributed by atoms with E-state index in [0.717, 1.165) is 17.7 Å². The van der Waals surface area contributed by atoms with Crippen molar-refractivity contribution in [3.63, 3.8) is 0 Å². The van der Waals surface area contributed by atoms with Gasteiger partial charge in [-0.1, -0.05) is 30.3 Å². The molecule has 0 bridgehead atoms. The van der Waals surface area contributed by atoms with Crippen LogP contribution in [0.2, 0.25) is 0 Å². The molecule has 1 aliphatic carbocycles. The molecule has 1 atom stereocenters. The lowest BCUT2D eigenvalue weighted by Gasteiger charge is -2.24. The molecule has 1 N–H and O–H groups in total. The van der Waals surface area contributed by atoms with Gasteiger partial charge in [0.05, 0.1) is 5.56 Å². The Kier molecular flexibility index (Phi) is 3.79. The number of phenolic OH excluding ortho intramolecular Hbond substituents is 1. The van der Waals surface area contributed by atoms with Crippen molar-refractivity contribution in [3.05, 3.63) is 59.7 Å². The minimum Gasteiger partial charge on any atom is -0.507 e. The van der Waals surface area contributed by atoms with Crippen molar-refractivity contribution in [2.45, 2.75) is 23.7 Å². The monoisotopic (exact) mass is 284 g/mol. The Balaban J connectivity index is 1.81. The third kappa shape index (κ3) is 2.59. The summed E-state index contributed by atoms with van der Waals surface area (Å²) in [6, 6.07) is 15.7. The number of rotatable bonds is 3. The molecule has 2 aromatic carbocycles. The van der Waals surface area contributed by atoms with Crippen LogP contribution < -0.4 is 0 Å². The lowest BCUT2D eigenvalue weighted by atomic mass is 9.82. The number of hydrogen-bond donors (Lipinski definition) is 1. The van der Waals surface area contributed by atoms with Gasteiger partial charge in [-0.05, 0) is 36.1 Å². The number of ketones is 1. The number of phenols is 1. The van der Waals surface area contributed by atoms with Gasteiger partial charge < -0.3 is 5.11 Å². The molecule has 0 aromatic heterocycles. The van der Waals surface area contributed by atoms with Crippen LogP contribution in [0.1, 0.15) is 34.7 Å². The van der Waals surface area contributed by atoms with E-state index in [-0.39, 0.29) is 11.5 Å². The normalized spacial score (nSPS) is 17.8. The van der Waals surface area contributed by atoms with E-state index in [1.807, 2.05) is 30.3 Å². The summed E-state index contributed by atoms with van der Waals surface area (Å²) in [6.45, 7) is 0. The molecule has 0 heterocycles. The smallest absolute Gasteiger partial charge is 0.166 e. The van der Waals surface area contributed by atoms with Gasteiger partial charge in [0.25, 0.3) is 0 Å². The van der Waals surface area contributed by atoms with Gasteiger partial charge in [0.15, 0.2) is 5.78 Å². The Morgan fingerprint density at radius 3 is 2.70 bits per heavy atom. The molecule has 0 amide bonds. The second-order valence-corrected chi connectivity index (χ2v) is 6.12. The molecule has 0 radical (unpaired) electrons. The number of benzene rings is 2. The van der Waals surface area contributed by atoms with Gasteiger partial charge in [-0.25, -0.2) is 0 Å². The Bertz CT molecular complexity index is 622. The van der Waals surface area contributed by atoms with Crippen molar-refractivity contribution in [1.29, 1.82) is 0 Å². The molecule has 2 nitrogen and oxygen atoms in total. The zero-order valence-electron chi connectivity index (χ0n) is 11.1. The molecule has 20 heavy (non-hydrogen) atoms. The number of hydrogen-bond acceptors (Lipinski definition) is 3. The van der Waals surface area contributed by atoms with E-state index in [1.165, 1.54) is 4.90 Å². The maximum absolute atomic E-state index is 12.0.